The van der Waals surface area contributed by atoms with Crippen LogP contribution < -0.4 is 4.89 Å². The van der Waals surface area contributed by atoms with Gasteiger partial charge in [-0.2, -0.15) is 22.0 Å². The average molecular weight is 482 g/mol. The summed E-state index contributed by atoms with van der Waals surface area (Å²) in [6.45, 7) is -0.692. The fraction of sp³-hybridized carbons (Fsp3) is 0.429. The monoisotopic (exact) mass is 482 g/mol. The highest BCUT2D eigenvalue weighted by Gasteiger charge is 2.56. The zero-order chi connectivity index (χ0) is 23.7. The van der Waals surface area contributed by atoms with E-state index in [0.29, 0.717) is 0 Å². The summed E-state index contributed by atoms with van der Waals surface area (Å²) in [6, 6.07) is 16.2. The zero-order valence-electron chi connectivity index (χ0n) is 17.1. The Morgan fingerprint density at radius 3 is 1.97 bits per heavy atom. The van der Waals surface area contributed by atoms with Gasteiger partial charge in [-0.25, -0.2) is 0 Å². The molecule has 32 heavy (non-hydrogen) atoms. The molecular weight excluding hydrogens is 459 g/mol. The normalized spacial score (nSPS) is 15.2. The van der Waals surface area contributed by atoms with Crippen molar-refractivity contribution in [2.45, 2.75) is 30.9 Å². The minimum atomic E-state index is -5.65. The van der Waals surface area contributed by atoms with Gasteiger partial charge in [0, 0.05) is 34.8 Å². The number of benzene rings is 2. The van der Waals surface area contributed by atoms with Crippen molar-refractivity contribution in [3.8, 4) is 5.75 Å². The quantitative estimate of drug-likeness (QED) is 0.129. The van der Waals surface area contributed by atoms with Gasteiger partial charge in [-0.05, 0) is 18.6 Å². The van der Waals surface area contributed by atoms with Gasteiger partial charge in [-0.3, -0.25) is 4.21 Å². The van der Waals surface area contributed by atoms with Crippen LogP contribution in [0.2, 0.25) is 0 Å². The SMILES string of the molecule is CS(=O)CCOC(OCCCC(F)(F)C(F)(F)F)(OOc1ccccc1)c1ccccc1. The zero-order valence-corrected chi connectivity index (χ0v) is 18.0. The number of halogens is 5. The minimum absolute atomic E-state index is 0.0960. The van der Waals surface area contributed by atoms with Crippen molar-refractivity contribution >= 4 is 10.8 Å². The van der Waals surface area contributed by atoms with Crippen LogP contribution in [0.5, 0.6) is 5.75 Å². The van der Waals surface area contributed by atoms with Crippen molar-refractivity contribution in [3.05, 3.63) is 66.2 Å². The molecule has 0 aromatic heterocycles. The Morgan fingerprint density at radius 1 is 0.844 bits per heavy atom. The molecule has 0 heterocycles. The summed E-state index contributed by atoms with van der Waals surface area (Å²) in [6.07, 6.45) is -6.31. The van der Waals surface area contributed by atoms with E-state index in [1.54, 1.807) is 60.7 Å². The van der Waals surface area contributed by atoms with Crippen LogP contribution in [0.1, 0.15) is 18.4 Å². The van der Waals surface area contributed by atoms with Gasteiger partial charge in [0.15, 0.2) is 5.75 Å². The molecule has 0 bridgehead atoms. The fourth-order valence-corrected chi connectivity index (χ4v) is 2.78. The molecule has 0 saturated carbocycles. The number of alkyl halides is 5. The lowest BCUT2D eigenvalue weighted by Gasteiger charge is -2.32. The van der Waals surface area contributed by atoms with Crippen molar-refractivity contribution in [1.29, 1.82) is 0 Å². The summed E-state index contributed by atoms with van der Waals surface area (Å²) < 4.78 is 86.4. The summed E-state index contributed by atoms with van der Waals surface area (Å²) >= 11 is 0. The van der Waals surface area contributed by atoms with Crippen molar-refractivity contribution in [2.75, 3.05) is 25.2 Å². The Balaban J connectivity index is 2.20. The van der Waals surface area contributed by atoms with E-state index >= 15 is 0 Å². The molecule has 0 spiro atoms. The predicted molar refractivity (Wildman–Crippen MR) is 107 cm³/mol. The maximum Gasteiger partial charge on any atom is 0.453 e. The van der Waals surface area contributed by atoms with Crippen molar-refractivity contribution < 1.29 is 45.4 Å². The number of hydrogen-bond donors (Lipinski definition) is 0. The van der Waals surface area contributed by atoms with E-state index in [1.807, 2.05) is 0 Å². The van der Waals surface area contributed by atoms with Crippen LogP contribution in [-0.4, -0.2) is 41.5 Å². The summed E-state index contributed by atoms with van der Waals surface area (Å²) in [4.78, 5) is 10.7. The van der Waals surface area contributed by atoms with Crippen LogP contribution in [0.15, 0.2) is 60.7 Å². The smallest absolute Gasteiger partial charge is 0.332 e. The molecule has 0 amide bonds. The number of hydrogen-bond acceptors (Lipinski definition) is 5. The molecule has 0 saturated heterocycles. The van der Waals surface area contributed by atoms with Crippen molar-refractivity contribution in [3.63, 3.8) is 0 Å². The van der Waals surface area contributed by atoms with E-state index in [9.17, 15) is 26.2 Å². The first-order valence-corrected chi connectivity index (χ1v) is 11.3. The van der Waals surface area contributed by atoms with E-state index < -0.39 is 48.3 Å². The van der Waals surface area contributed by atoms with Crippen LogP contribution in [0.3, 0.4) is 0 Å². The maximum atomic E-state index is 13.2. The molecule has 0 aliphatic rings. The van der Waals surface area contributed by atoms with E-state index in [1.165, 1.54) is 6.26 Å². The van der Waals surface area contributed by atoms with Crippen molar-refractivity contribution in [1.82, 2.24) is 0 Å². The van der Waals surface area contributed by atoms with Gasteiger partial charge in [0.05, 0.1) is 13.2 Å². The number of ether oxygens (including phenoxy) is 2. The first-order valence-electron chi connectivity index (χ1n) is 9.54. The van der Waals surface area contributed by atoms with E-state index in [-0.39, 0.29) is 23.7 Å². The van der Waals surface area contributed by atoms with Gasteiger partial charge < -0.3 is 14.4 Å². The second kappa shape index (κ2) is 11.7. The summed E-state index contributed by atoms with van der Waals surface area (Å²) in [5.41, 5.74) is 0.264. The lowest BCUT2D eigenvalue weighted by atomic mass is 10.1. The lowest BCUT2D eigenvalue weighted by Crippen LogP contribution is -2.40. The molecule has 0 aliphatic carbocycles. The topological polar surface area (TPSA) is 54.0 Å². The minimum Gasteiger partial charge on any atom is -0.332 e. The Hall–Kier alpha value is -2.08. The molecule has 2 aromatic rings. The molecule has 2 unspecified atom stereocenters. The largest absolute Gasteiger partial charge is 0.453 e. The molecule has 5 nitrogen and oxygen atoms in total. The molecule has 0 fully saturated rings. The summed E-state index contributed by atoms with van der Waals surface area (Å²) in [5, 5.41) is 0. The van der Waals surface area contributed by atoms with E-state index in [4.69, 9.17) is 19.2 Å². The first kappa shape index (κ1) is 26.2. The molecule has 2 atom stereocenters. The molecule has 2 aromatic carbocycles. The van der Waals surface area contributed by atoms with Gasteiger partial charge in [0.2, 0.25) is 0 Å². The van der Waals surface area contributed by atoms with Crippen LogP contribution in [0.25, 0.3) is 0 Å². The van der Waals surface area contributed by atoms with E-state index in [2.05, 4.69) is 0 Å². The third-order valence-corrected chi connectivity index (χ3v) is 4.86. The highest BCUT2D eigenvalue weighted by molar-refractivity contribution is 7.84. The van der Waals surface area contributed by atoms with E-state index in [0.717, 1.165) is 0 Å². The Bertz CT molecular complexity index is 835. The van der Waals surface area contributed by atoms with Crippen LogP contribution in [0.4, 0.5) is 22.0 Å². The van der Waals surface area contributed by atoms with Gasteiger partial charge in [0.25, 0.3) is 0 Å². The number of para-hydroxylation sites is 1. The average Bonchev–Trinajstić information content (AvgIpc) is 2.75. The standard InChI is InChI=1S/C21H23F5O5S/c1-32(27)16-15-29-20(17-9-4-2-5-10-17,31-30-18-11-6-3-7-12-18)28-14-8-13-19(22,23)21(24,25)26/h2-7,9-12H,8,13-16H2,1H3. The second-order valence-electron chi connectivity index (χ2n) is 6.68. The Labute approximate surface area is 184 Å². The molecule has 0 radical (unpaired) electrons. The van der Waals surface area contributed by atoms with Crippen molar-refractivity contribution in [2.24, 2.45) is 0 Å². The Morgan fingerprint density at radius 2 is 1.41 bits per heavy atom. The van der Waals surface area contributed by atoms with Gasteiger partial charge >= 0.3 is 18.1 Å². The Kier molecular flexibility index (Phi) is 9.56. The van der Waals surface area contributed by atoms with Gasteiger partial charge in [-0.15, -0.1) is 4.89 Å². The molecular formula is C21H23F5O5S. The lowest BCUT2D eigenvalue weighted by molar-refractivity contribution is -0.486. The van der Waals surface area contributed by atoms with Crippen LogP contribution >= 0.6 is 0 Å². The molecule has 11 heteroatoms. The second-order valence-corrected chi connectivity index (χ2v) is 8.24. The predicted octanol–water partition coefficient (Wildman–Crippen LogP) is 5.20. The van der Waals surface area contributed by atoms with Gasteiger partial charge in [0.1, 0.15) is 0 Å². The van der Waals surface area contributed by atoms with Gasteiger partial charge in [-0.1, -0.05) is 48.5 Å². The molecule has 2 rings (SSSR count). The number of rotatable bonds is 13. The molecule has 0 N–H and O–H groups in total. The third kappa shape index (κ3) is 7.80. The molecule has 0 aliphatic heterocycles. The fourth-order valence-electron chi connectivity index (χ4n) is 2.46. The highest BCUT2D eigenvalue weighted by atomic mass is 32.2. The maximum absolute atomic E-state index is 13.2. The first-order chi connectivity index (χ1) is 15.1. The summed E-state index contributed by atoms with van der Waals surface area (Å²) in [7, 11) is -1.23. The third-order valence-electron chi connectivity index (χ3n) is 4.12. The summed E-state index contributed by atoms with van der Waals surface area (Å²) in [5.74, 6) is -6.58. The highest BCUT2D eigenvalue weighted by Crippen LogP contribution is 2.39. The molecule has 178 valence electrons. The van der Waals surface area contributed by atoms with Crippen LogP contribution in [-0.2, 0) is 31.1 Å². The van der Waals surface area contributed by atoms with Crippen LogP contribution in [0, 0.1) is 0 Å².